The van der Waals surface area contributed by atoms with Gasteiger partial charge in [0.2, 0.25) is 0 Å². The number of nitro groups is 1. The Morgan fingerprint density at radius 2 is 1.73 bits per heavy atom. The van der Waals surface area contributed by atoms with Crippen LogP contribution in [0.2, 0.25) is 0 Å². The summed E-state index contributed by atoms with van der Waals surface area (Å²) in [6.07, 6.45) is 1.25. The number of hydrogen-bond donors (Lipinski definition) is 2. The smallest absolute Gasteiger partial charge is 0.329 e. The first-order valence-electron chi connectivity index (χ1n) is 8.90. The summed E-state index contributed by atoms with van der Waals surface area (Å²) in [6.45, 7) is 3.85. The number of aryl methyl sites for hydroxylation is 2. The molecule has 3 aromatic rings. The molecule has 0 fully saturated rings. The molecule has 1 heterocycles. The lowest BCUT2D eigenvalue weighted by atomic mass is 10.1. The summed E-state index contributed by atoms with van der Waals surface area (Å²) in [5.74, 6) is -0.962. The first kappa shape index (κ1) is 20.5. The number of hydrazone groups is 1. The van der Waals surface area contributed by atoms with Crippen molar-refractivity contribution in [1.29, 1.82) is 0 Å². The quantitative estimate of drug-likeness (QED) is 0.290. The molecule has 0 saturated carbocycles. The highest BCUT2D eigenvalue weighted by atomic mass is 16.6. The second-order valence-corrected chi connectivity index (χ2v) is 6.46. The second kappa shape index (κ2) is 8.82. The van der Waals surface area contributed by atoms with E-state index in [0.717, 1.165) is 11.1 Å². The largest absolute Gasteiger partial charge is 0.455 e. The minimum Gasteiger partial charge on any atom is -0.455 e. The summed E-state index contributed by atoms with van der Waals surface area (Å²) < 4.78 is 5.56. The molecular weight excluding hydrogens is 388 g/mol. The molecule has 3 rings (SSSR count). The summed E-state index contributed by atoms with van der Waals surface area (Å²) in [5, 5.41) is 16.9. The Kier molecular flexibility index (Phi) is 6.02. The van der Waals surface area contributed by atoms with E-state index < -0.39 is 16.7 Å². The Bertz CT molecular complexity index is 1130. The zero-order chi connectivity index (χ0) is 21.7. The molecule has 0 bridgehead atoms. The van der Waals surface area contributed by atoms with Crippen LogP contribution in [0.3, 0.4) is 0 Å². The van der Waals surface area contributed by atoms with E-state index in [1.165, 1.54) is 18.3 Å². The minimum atomic E-state index is -0.924. The fourth-order valence-electron chi connectivity index (χ4n) is 2.54. The van der Waals surface area contributed by atoms with Gasteiger partial charge >= 0.3 is 11.8 Å². The molecule has 2 N–H and O–H groups in total. The first-order valence-corrected chi connectivity index (χ1v) is 8.90. The van der Waals surface area contributed by atoms with Gasteiger partial charge in [0.05, 0.1) is 11.1 Å². The van der Waals surface area contributed by atoms with Gasteiger partial charge in [-0.05, 0) is 61.4 Å². The molecule has 0 aliphatic heterocycles. The number of nitrogens with zero attached hydrogens (tertiary/aromatic N) is 2. The molecule has 30 heavy (non-hydrogen) atoms. The van der Waals surface area contributed by atoms with Crippen LogP contribution in [-0.4, -0.2) is 23.0 Å². The second-order valence-electron chi connectivity index (χ2n) is 6.46. The number of nitrogens with one attached hydrogen (secondary N) is 2. The standard InChI is InChI=1S/C21H18N4O5/c1-13-3-6-16(11-14(13)2)23-20(26)21(27)24-22-12-18-9-10-19(30-18)15-4-7-17(8-5-15)25(28)29/h3-12H,1-2H3,(H,23,26)(H,24,27)/b22-12-. The number of furan rings is 1. The third-order valence-electron chi connectivity index (χ3n) is 4.32. The van der Waals surface area contributed by atoms with Gasteiger partial charge in [-0.2, -0.15) is 5.10 Å². The Hall–Kier alpha value is -4.27. The topological polar surface area (TPSA) is 127 Å². The highest BCUT2D eigenvalue weighted by molar-refractivity contribution is 6.39. The van der Waals surface area contributed by atoms with Crippen LogP contribution in [0.1, 0.15) is 16.9 Å². The van der Waals surface area contributed by atoms with Crippen LogP contribution in [0.5, 0.6) is 0 Å². The van der Waals surface area contributed by atoms with Crippen LogP contribution < -0.4 is 10.7 Å². The SMILES string of the molecule is Cc1ccc(NC(=O)C(=O)N/N=C\c2ccc(-c3ccc([N+](=O)[O-])cc3)o2)cc1C. The third-order valence-corrected chi connectivity index (χ3v) is 4.32. The van der Waals surface area contributed by atoms with Crippen LogP contribution in [0.4, 0.5) is 11.4 Å². The molecule has 152 valence electrons. The number of nitro benzene ring substituents is 1. The Morgan fingerprint density at radius 3 is 2.40 bits per heavy atom. The highest BCUT2D eigenvalue weighted by Gasteiger charge is 2.13. The lowest BCUT2D eigenvalue weighted by molar-refractivity contribution is -0.384. The van der Waals surface area contributed by atoms with Gasteiger partial charge in [0.25, 0.3) is 5.69 Å². The van der Waals surface area contributed by atoms with Crippen molar-refractivity contribution in [2.24, 2.45) is 5.10 Å². The van der Waals surface area contributed by atoms with E-state index in [1.807, 2.05) is 19.9 Å². The van der Waals surface area contributed by atoms with Gasteiger partial charge in [0.1, 0.15) is 11.5 Å². The molecule has 0 spiro atoms. The maximum atomic E-state index is 11.9. The monoisotopic (exact) mass is 406 g/mol. The number of carbonyl (C=O) groups is 2. The number of benzene rings is 2. The van der Waals surface area contributed by atoms with Crippen molar-refractivity contribution in [1.82, 2.24) is 5.43 Å². The fraction of sp³-hybridized carbons (Fsp3) is 0.0952. The van der Waals surface area contributed by atoms with E-state index in [9.17, 15) is 19.7 Å². The summed E-state index contributed by atoms with van der Waals surface area (Å²) >= 11 is 0. The Morgan fingerprint density at radius 1 is 1.00 bits per heavy atom. The third kappa shape index (κ3) is 4.96. The van der Waals surface area contributed by atoms with Crippen LogP contribution in [-0.2, 0) is 9.59 Å². The molecule has 0 aliphatic rings. The normalized spacial score (nSPS) is 10.7. The number of rotatable bonds is 5. The molecular formula is C21H18N4O5. The highest BCUT2D eigenvalue weighted by Crippen LogP contribution is 2.24. The van der Waals surface area contributed by atoms with E-state index >= 15 is 0 Å². The zero-order valence-corrected chi connectivity index (χ0v) is 16.2. The van der Waals surface area contributed by atoms with Crippen molar-refractivity contribution < 1.29 is 18.9 Å². The summed E-state index contributed by atoms with van der Waals surface area (Å²) in [4.78, 5) is 34.1. The first-order chi connectivity index (χ1) is 14.3. The van der Waals surface area contributed by atoms with Crippen molar-refractivity contribution in [3.8, 4) is 11.3 Å². The maximum absolute atomic E-state index is 11.9. The van der Waals surface area contributed by atoms with E-state index in [1.54, 1.807) is 36.4 Å². The summed E-state index contributed by atoms with van der Waals surface area (Å²) in [6, 6.07) is 14.5. The van der Waals surface area contributed by atoms with Crippen molar-refractivity contribution in [3.05, 3.63) is 81.6 Å². The molecule has 9 nitrogen and oxygen atoms in total. The van der Waals surface area contributed by atoms with Gasteiger partial charge in [0, 0.05) is 23.4 Å². The molecule has 0 radical (unpaired) electrons. The minimum absolute atomic E-state index is 0.0196. The van der Waals surface area contributed by atoms with Crippen LogP contribution in [0, 0.1) is 24.0 Å². The van der Waals surface area contributed by atoms with Gasteiger partial charge in [-0.1, -0.05) is 6.07 Å². The number of non-ortho nitro benzene ring substituents is 1. The molecule has 2 aromatic carbocycles. The molecule has 1 aromatic heterocycles. The molecule has 2 amide bonds. The van der Waals surface area contributed by atoms with Crippen molar-refractivity contribution in [2.45, 2.75) is 13.8 Å². The molecule has 9 heteroatoms. The molecule has 0 atom stereocenters. The zero-order valence-electron chi connectivity index (χ0n) is 16.2. The van der Waals surface area contributed by atoms with Crippen molar-refractivity contribution in [2.75, 3.05) is 5.32 Å². The number of anilines is 1. The van der Waals surface area contributed by atoms with Gasteiger partial charge in [-0.25, -0.2) is 5.43 Å². The predicted molar refractivity (Wildman–Crippen MR) is 111 cm³/mol. The number of carbonyl (C=O) groups excluding carboxylic acids is 2. The van der Waals surface area contributed by atoms with Crippen LogP contribution in [0.25, 0.3) is 11.3 Å². The van der Waals surface area contributed by atoms with E-state index in [4.69, 9.17) is 4.42 Å². The lowest BCUT2D eigenvalue weighted by Gasteiger charge is -2.06. The maximum Gasteiger partial charge on any atom is 0.329 e. The number of hydrogen-bond acceptors (Lipinski definition) is 6. The van der Waals surface area contributed by atoms with Gasteiger partial charge in [0.15, 0.2) is 0 Å². The van der Waals surface area contributed by atoms with Crippen LogP contribution >= 0.6 is 0 Å². The van der Waals surface area contributed by atoms with E-state index in [2.05, 4.69) is 15.8 Å². The van der Waals surface area contributed by atoms with Crippen molar-refractivity contribution >= 4 is 29.4 Å². The lowest BCUT2D eigenvalue weighted by Crippen LogP contribution is -2.32. The Labute approximate surface area is 171 Å². The van der Waals surface area contributed by atoms with Crippen LogP contribution in [0.15, 0.2) is 64.1 Å². The van der Waals surface area contributed by atoms with E-state index in [0.29, 0.717) is 22.8 Å². The van der Waals surface area contributed by atoms with Gasteiger partial charge in [-0.15, -0.1) is 0 Å². The average molecular weight is 406 g/mol. The molecule has 0 unspecified atom stereocenters. The average Bonchev–Trinajstić information content (AvgIpc) is 3.19. The van der Waals surface area contributed by atoms with Crippen molar-refractivity contribution in [3.63, 3.8) is 0 Å². The molecule has 0 aliphatic carbocycles. The summed E-state index contributed by atoms with van der Waals surface area (Å²) in [5.41, 5.74) is 5.35. The van der Waals surface area contributed by atoms with E-state index in [-0.39, 0.29) is 5.69 Å². The summed E-state index contributed by atoms with van der Waals surface area (Å²) in [7, 11) is 0. The number of amides is 2. The predicted octanol–water partition coefficient (Wildman–Crippen LogP) is 3.56. The Balaban J connectivity index is 1.57. The molecule has 0 saturated heterocycles. The fourth-order valence-corrected chi connectivity index (χ4v) is 2.54. The van der Waals surface area contributed by atoms with Gasteiger partial charge in [-0.3, -0.25) is 19.7 Å². The van der Waals surface area contributed by atoms with Gasteiger partial charge < -0.3 is 9.73 Å².